The van der Waals surface area contributed by atoms with E-state index in [2.05, 4.69) is 31.3 Å². The average Bonchev–Trinajstić information content (AvgIpc) is 2.97. The molecule has 0 fully saturated rings. The molecule has 1 aromatic carbocycles. The predicted molar refractivity (Wildman–Crippen MR) is 109 cm³/mol. The molecule has 3 heterocycles. The first-order chi connectivity index (χ1) is 12.9. The molecule has 0 saturated carbocycles. The number of nitrogens with one attached hydrogen (secondary N) is 2. The highest BCUT2D eigenvalue weighted by Crippen LogP contribution is 2.37. The topological polar surface area (TPSA) is 68.2 Å². The molecule has 7 heteroatoms. The molecule has 2 aromatic heterocycles. The van der Waals surface area contributed by atoms with Crippen molar-refractivity contribution in [3.8, 4) is 5.69 Å². The van der Waals surface area contributed by atoms with Crippen LogP contribution in [0.1, 0.15) is 31.2 Å². The minimum Gasteiger partial charge on any atom is -0.370 e. The highest BCUT2D eigenvalue weighted by atomic mass is 32.1. The van der Waals surface area contributed by atoms with E-state index in [1.807, 2.05) is 37.3 Å². The summed E-state index contributed by atoms with van der Waals surface area (Å²) in [6.07, 6.45) is 0.699. The number of ether oxygens (including phenoxy) is 1. The summed E-state index contributed by atoms with van der Waals surface area (Å²) in [5.74, 6) is 0.431. The Labute approximate surface area is 161 Å². The molecule has 1 aliphatic heterocycles. The third-order valence-corrected chi connectivity index (χ3v) is 5.61. The van der Waals surface area contributed by atoms with Crippen molar-refractivity contribution in [2.45, 2.75) is 39.4 Å². The van der Waals surface area contributed by atoms with E-state index < -0.39 is 0 Å². The quantitative estimate of drug-likeness (QED) is 0.673. The van der Waals surface area contributed by atoms with Crippen molar-refractivity contribution in [2.75, 3.05) is 5.43 Å². The van der Waals surface area contributed by atoms with Crippen molar-refractivity contribution in [2.24, 2.45) is 0 Å². The number of rotatable bonds is 4. The summed E-state index contributed by atoms with van der Waals surface area (Å²) in [7, 11) is 0. The van der Waals surface area contributed by atoms with Crippen LogP contribution in [0.2, 0.25) is 0 Å². The lowest BCUT2D eigenvalue weighted by atomic mass is 9.94. The molecule has 0 atom stereocenters. The van der Waals surface area contributed by atoms with Crippen LogP contribution in [-0.2, 0) is 17.8 Å². The van der Waals surface area contributed by atoms with Gasteiger partial charge in [0.05, 0.1) is 23.3 Å². The van der Waals surface area contributed by atoms with E-state index in [1.165, 1.54) is 11.3 Å². The fraction of sp³-hybridized carbons (Fsp3) is 0.300. The third-order valence-electron chi connectivity index (χ3n) is 4.51. The monoisotopic (exact) mass is 382 g/mol. The lowest BCUT2D eigenvalue weighted by Crippen LogP contribution is -2.32. The van der Waals surface area contributed by atoms with E-state index in [0.717, 1.165) is 26.7 Å². The smallest absolute Gasteiger partial charge is 0.268 e. The van der Waals surface area contributed by atoms with Gasteiger partial charge in [0.25, 0.3) is 5.56 Å². The number of fused-ring (bicyclic) bond motifs is 3. The van der Waals surface area contributed by atoms with Crippen LogP contribution in [0.3, 0.4) is 0 Å². The second-order valence-corrected chi connectivity index (χ2v) is 8.43. The van der Waals surface area contributed by atoms with E-state index in [4.69, 9.17) is 9.72 Å². The molecule has 0 bridgehead atoms. The van der Waals surface area contributed by atoms with Gasteiger partial charge < -0.3 is 10.2 Å². The maximum atomic E-state index is 13.5. The highest BCUT2D eigenvalue weighted by molar-refractivity contribution is 7.18. The van der Waals surface area contributed by atoms with E-state index in [-0.39, 0.29) is 11.2 Å². The number of hydrogen-bond acceptors (Lipinski definition) is 6. The summed E-state index contributed by atoms with van der Waals surface area (Å²) >= 11 is 1.53. The minimum absolute atomic E-state index is 0.0765. The highest BCUT2D eigenvalue weighted by Gasteiger charge is 2.31. The van der Waals surface area contributed by atoms with Crippen molar-refractivity contribution < 1.29 is 4.74 Å². The number of hydrazine groups is 1. The molecule has 0 amide bonds. The van der Waals surface area contributed by atoms with Gasteiger partial charge in [-0.25, -0.2) is 9.55 Å². The first-order valence-corrected chi connectivity index (χ1v) is 9.61. The lowest BCUT2D eigenvalue weighted by Gasteiger charge is -2.30. The van der Waals surface area contributed by atoms with Gasteiger partial charge >= 0.3 is 0 Å². The van der Waals surface area contributed by atoms with Gasteiger partial charge in [-0.3, -0.25) is 10.2 Å². The number of hydrogen-bond donors (Lipinski definition) is 2. The number of allylic oxidation sites excluding steroid dienone is 1. The summed E-state index contributed by atoms with van der Waals surface area (Å²) < 4.78 is 7.52. The molecule has 140 valence electrons. The summed E-state index contributed by atoms with van der Waals surface area (Å²) in [6.45, 7) is 10.3. The molecule has 0 spiro atoms. The molecule has 0 unspecified atom stereocenters. The molecule has 1 aliphatic rings. The molecule has 27 heavy (non-hydrogen) atoms. The van der Waals surface area contributed by atoms with Crippen molar-refractivity contribution in [1.82, 2.24) is 15.0 Å². The summed E-state index contributed by atoms with van der Waals surface area (Å²) in [5.41, 5.74) is 8.15. The van der Waals surface area contributed by atoms with Gasteiger partial charge in [0.2, 0.25) is 5.95 Å². The van der Waals surface area contributed by atoms with Gasteiger partial charge in [-0.2, -0.15) is 0 Å². The third kappa shape index (κ3) is 3.24. The van der Waals surface area contributed by atoms with Crippen LogP contribution >= 0.6 is 11.3 Å². The molecule has 0 saturated heterocycles. The molecule has 2 N–H and O–H groups in total. The molecule has 0 radical (unpaired) electrons. The molecular weight excluding hydrogens is 360 g/mol. The normalized spacial score (nSPS) is 15.4. The van der Waals surface area contributed by atoms with Gasteiger partial charge in [0.15, 0.2) is 0 Å². The van der Waals surface area contributed by atoms with E-state index in [0.29, 0.717) is 24.4 Å². The van der Waals surface area contributed by atoms with Crippen molar-refractivity contribution in [3.05, 3.63) is 63.4 Å². The lowest BCUT2D eigenvalue weighted by molar-refractivity contribution is -0.0379. The number of benzene rings is 1. The zero-order valence-corrected chi connectivity index (χ0v) is 16.4. The van der Waals surface area contributed by atoms with Crippen LogP contribution in [0, 0.1) is 0 Å². The minimum atomic E-state index is -0.288. The van der Waals surface area contributed by atoms with E-state index in [1.54, 1.807) is 4.57 Å². The number of para-hydroxylation sites is 1. The van der Waals surface area contributed by atoms with Crippen molar-refractivity contribution >= 4 is 27.5 Å². The Kier molecular flexibility index (Phi) is 4.28. The van der Waals surface area contributed by atoms with Crippen LogP contribution in [0.4, 0.5) is 5.95 Å². The average molecular weight is 382 g/mol. The molecular formula is C20H22N4O2S. The maximum Gasteiger partial charge on any atom is 0.268 e. The summed E-state index contributed by atoms with van der Waals surface area (Å²) in [5, 5.41) is 0.691. The number of nitrogens with zero attached hydrogens (tertiary/aromatic N) is 2. The second-order valence-electron chi connectivity index (χ2n) is 7.35. The number of thiophene rings is 1. The zero-order valence-electron chi connectivity index (χ0n) is 15.6. The van der Waals surface area contributed by atoms with Crippen LogP contribution < -0.4 is 16.4 Å². The van der Waals surface area contributed by atoms with E-state index in [9.17, 15) is 4.79 Å². The Balaban J connectivity index is 1.97. The Bertz CT molecular complexity index is 1080. The van der Waals surface area contributed by atoms with Gasteiger partial charge in [0, 0.05) is 17.0 Å². The Hall–Kier alpha value is -2.64. The molecule has 6 nitrogen and oxygen atoms in total. The van der Waals surface area contributed by atoms with Gasteiger partial charge in [0.1, 0.15) is 4.83 Å². The van der Waals surface area contributed by atoms with Gasteiger partial charge in [-0.15, -0.1) is 11.3 Å². The van der Waals surface area contributed by atoms with Crippen LogP contribution in [-0.4, -0.2) is 15.2 Å². The standard InChI is InChI=1S/C20H22N4O2S/c1-12(2)22-23-19-21-17-16(14-10-20(3,4)26-11-15(14)27-17)18(25)24(19)13-8-6-5-7-9-13/h5-9,22H,1,10-11H2,2-4H3,(H,21,23). The first-order valence-electron chi connectivity index (χ1n) is 8.80. The first kappa shape index (κ1) is 17.8. The van der Waals surface area contributed by atoms with Crippen molar-refractivity contribution in [1.29, 1.82) is 0 Å². The molecule has 4 rings (SSSR count). The fourth-order valence-electron chi connectivity index (χ4n) is 3.26. The molecule has 0 aliphatic carbocycles. The van der Waals surface area contributed by atoms with Crippen LogP contribution in [0.25, 0.3) is 15.9 Å². The summed E-state index contributed by atoms with van der Waals surface area (Å²) in [4.78, 5) is 20.1. The van der Waals surface area contributed by atoms with Crippen molar-refractivity contribution in [3.63, 3.8) is 0 Å². The van der Waals surface area contributed by atoms with Crippen LogP contribution in [0.5, 0.6) is 0 Å². The van der Waals surface area contributed by atoms with Crippen LogP contribution in [0.15, 0.2) is 47.4 Å². The largest absolute Gasteiger partial charge is 0.370 e. The Morgan fingerprint density at radius 3 is 2.78 bits per heavy atom. The fourth-order valence-corrected chi connectivity index (χ4v) is 4.35. The SMILES string of the molecule is C=C(C)NNc1nc2sc3c(c2c(=O)n1-c1ccccc1)CC(C)(C)OC3. The van der Waals surface area contributed by atoms with Gasteiger partial charge in [-0.05, 0) is 38.5 Å². The maximum absolute atomic E-state index is 13.5. The van der Waals surface area contributed by atoms with E-state index >= 15 is 0 Å². The Morgan fingerprint density at radius 1 is 1.33 bits per heavy atom. The predicted octanol–water partition coefficient (Wildman–Crippen LogP) is 3.75. The number of anilines is 1. The molecule has 3 aromatic rings. The summed E-state index contributed by atoms with van der Waals surface area (Å²) in [6, 6.07) is 9.52. The Morgan fingerprint density at radius 2 is 2.07 bits per heavy atom. The second kappa shape index (κ2) is 6.51. The zero-order chi connectivity index (χ0) is 19.2. The van der Waals surface area contributed by atoms with Gasteiger partial charge in [-0.1, -0.05) is 24.8 Å². The number of aromatic nitrogens is 2.